The molecule has 1 unspecified atom stereocenters. The van der Waals surface area contributed by atoms with E-state index in [4.69, 9.17) is 9.47 Å². The average Bonchev–Trinajstić information content (AvgIpc) is 2.94. The first-order chi connectivity index (χ1) is 12.1. The topological polar surface area (TPSA) is 64.6 Å². The van der Waals surface area contributed by atoms with Gasteiger partial charge in [-0.25, -0.2) is 0 Å². The first-order valence-corrected chi connectivity index (χ1v) is 9.48. The number of rotatable bonds is 5. The Morgan fingerprint density at radius 1 is 1.20 bits per heavy atom. The van der Waals surface area contributed by atoms with E-state index in [1.54, 1.807) is 13.2 Å². The Hall–Kier alpha value is -1.95. The highest BCUT2D eigenvalue weighted by Gasteiger charge is 2.25. The molecule has 0 spiro atoms. The lowest BCUT2D eigenvalue weighted by Gasteiger charge is -2.28. The lowest BCUT2D eigenvalue weighted by atomic mass is 9.86. The van der Waals surface area contributed by atoms with Gasteiger partial charge in [0.2, 0.25) is 0 Å². The summed E-state index contributed by atoms with van der Waals surface area (Å²) < 4.78 is 11.6. The summed E-state index contributed by atoms with van der Waals surface area (Å²) in [4.78, 5) is 23.3. The molecule has 0 bridgehead atoms. The molecule has 1 aromatic carbocycles. The van der Waals surface area contributed by atoms with Gasteiger partial charge in [-0.2, -0.15) is 0 Å². The van der Waals surface area contributed by atoms with Gasteiger partial charge in [0.05, 0.1) is 18.1 Å². The molecule has 0 aromatic heterocycles. The van der Waals surface area contributed by atoms with Gasteiger partial charge in [0.25, 0.3) is 11.1 Å². The average molecular weight is 361 g/mol. The highest BCUT2D eigenvalue weighted by molar-refractivity contribution is 8.18. The molecule has 6 heteroatoms. The Bertz CT molecular complexity index is 695. The molecule has 1 aromatic rings. The molecule has 25 heavy (non-hydrogen) atoms. The molecule has 1 saturated heterocycles. The van der Waals surface area contributed by atoms with Crippen LogP contribution in [0.2, 0.25) is 0 Å². The SMILES string of the molecule is COc1cc(C=C2SC(=O)NC2=O)ccc1OC(C)C1CCCCC1. The maximum Gasteiger partial charge on any atom is 0.290 e. The molecule has 5 nitrogen and oxygen atoms in total. The predicted octanol–water partition coefficient (Wildman–Crippen LogP) is 4.37. The van der Waals surface area contributed by atoms with Crippen LogP contribution >= 0.6 is 11.8 Å². The summed E-state index contributed by atoms with van der Waals surface area (Å²) in [5, 5.41) is 1.91. The van der Waals surface area contributed by atoms with Crippen LogP contribution in [0.25, 0.3) is 6.08 Å². The van der Waals surface area contributed by atoms with Crippen LogP contribution in [-0.2, 0) is 4.79 Å². The zero-order valence-electron chi connectivity index (χ0n) is 14.5. The number of hydrogen-bond donors (Lipinski definition) is 1. The molecule has 2 aliphatic rings. The van der Waals surface area contributed by atoms with E-state index in [0.717, 1.165) is 17.3 Å². The summed E-state index contributed by atoms with van der Waals surface area (Å²) in [7, 11) is 1.60. The van der Waals surface area contributed by atoms with Crippen LogP contribution in [0.1, 0.15) is 44.6 Å². The van der Waals surface area contributed by atoms with Gasteiger partial charge in [0.1, 0.15) is 0 Å². The second-order valence-electron chi connectivity index (χ2n) is 6.48. The van der Waals surface area contributed by atoms with Gasteiger partial charge in [-0.3, -0.25) is 14.9 Å². The maximum atomic E-state index is 11.7. The van der Waals surface area contributed by atoms with Crippen molar-refractivity contribution in [2.24, 2.45) is 5.92 Å². The molecule has 2 fully saturated rings. The summed E-state index contributed by atoms with van der Waals surface area (Å²) in [6, 6.07) is 5.56. The Morgan fingerprint density at radius 2 is 1.96 bits per heavy atom. The molecule has 1 aliphatic carbocycles. The van der Waals surface area contributed by atoms with Crippen LogP contribution in [0.15, 0.2) is 23.1 Å². The molecule has 1 aliphatic heterocycles. The van der Waals surface area contributed by atoms with E-state index in [1.807, 2.05) is 18.2 Å². The first-order valence-electron chi connectivity index (χ1n) is 8.66. The van der Waals surface area contributed by atoms with Crippen molar-refractivity contribution in [1.82, 2.24) is 5.32 Å². The second-order valence-corrected chi connectivity index (χ2v) is 7.50. The van der Waals surface area contributed by atoms with E-state index in [2.05, 4.69) is 12.2 Å². The number of methoxy groups -OCH3 is 1. The number of carbonyl (C=O) groups excluding carboxylic acids is 2. The van der Waals surface area contributed by atoms with Gasteiger partial charge in [-0.1, -0.05) is 25.3 Å². The Kier molecular flexibility index (Phi) is 5.68. The third-order valence-corrected chi connectivity index (χ3v) is 5.56. The van der Waals surface area contributed by atoms with Crippen LogP contribution in [0.5, 0.6) is 11.5 Å². The lowest BCUT2D eigenvalue weighted by molar-refractivity contribution is -0.115. The van der Waals surface area contributed by atoms with Crippen LogP contribution in [0.4, 0.5) is 4.79 Å². The number of benzene rings is 1. The largest absolute Gasteiger partial charge is 0.493 e. The van der Waals surface area contributed by atoms with E-state index in [-0.39, 0.29) is 17.3 Å². The molecular weight excluding hydrogens is 338 g/mol. The van der Waals surface area contributed by atoms with Gasteiger partial charge in [-0.15, -0.1) is 0 Å². The van der Waals surface area contributed by atoms with Gasteiger partial charge < -0.3 is 9.47 Å². The molecular formula is C19H23NO4S. The van der Waals surface area contributed by atoms with Gasteiger partial charge in [0.15, 0.2) is 11.5 Å². The number of nitrogens with one attached hydrogen (secondary N) is 1. The third-order valence-electron chi connectivity index (χ3n) is 4.75. The fraction of sp³-hybridized carbons (Fsp3) is 0.474. The molecule has 1 saturated carbocycles. The Balaban J connectivity index is 1.74. The smallest absolute Gasteiger partial charge is 0.290 e. The standard InChI is InChI=1S/C19H23NO4S/c1-12(14-6-4-3-5-7-14)24-15-9-8-13(10-16(15)23-2)11-17-18(21)20-19(22)25-17/h8-12,14H,3-7H2,1-2H3,(H,20,21,22). The molecule has 1 atom stereocenters. The summed E-state index contributed by atoms with van der Waals surface area (Å²) >= 11 is 0.905. The number of hydrogen-bond acceptors (Lipinski definition) is 5. The number of amides is 2. The minimum absolute atomic E-state index is 0.146. The zero-order chi connectivity index (χ0) is 17.8. The highest BCUT2D eigenvalue weighted by Crippen LogP contribution is 2.34. The fourth-order valence-corrected chi connectivity index (χ4v) is 4.03. The number of carbonyl (C=O) groups is 2. The summed E-state index contributed by atoms with van der Waals surface area (Å²) in [6.45, 7) is 2.12. The van der Waals surface area contributed by atoms with Crippen molar-refractivity contribution in [3.05, 3.63) is 28.7 Å². The van der Waals surface area contributed by atoms with Gasteiger partial charge in [-0.05, 0) is 61.2 Å². The van der Waals surface area contributed by atoms with Crippen LogP contribution in [0.3, 0.4) is 0 Å². The van der Waals surface area contributed by atoms with E-state index in [0.29, 0.717) is 22.3 Å². The Morgan fingerprint density at radius 3 is 2.60 bits per heavy atom. The fourth-order valence-electron chi connectivity index (χ4n) is 3.34. The molecule has 1 N–H and O–H groups in total. The monoisotopic (exact) mass is 361 g/mol. The molecule has 1 heterocycles. The van der Waals surface area contributed by atoms with Crippen LogP contribution in [-0.4, -0.2) is 24.4 Å². The molecule has 3 rings (SSSR count). The van der Waals surface area contributed by atoms with Crippen LogP contribution < -0.4 is 14.8 Å². The predicted molar refractivity (Wildman–Crippen MR) is 98.8 cm³/mol. The van der Waals surface area contributed by atoms with Gasteiger partial charge in [0, 0.05) is 0 Å². The van der Waals surface area contributed by atoms with E-state index in [9.17, 15) is 9.59 Å². The number of thioether (sulfide) groups is 1. The number of imide groups is 1. The van der Waals surface area contributed by atoms with Crippen LogP contribution in [0, 0.1) is 5.92 Å². The number of ether oxygens (including phenoxy) is 2. The zero-order valence-corrected chi connectivity index (χ0v) is 15.4. The van der Waals surface area contributed by atoms with Gasteiger partial charge >= 0.3 is 0 Å². The van der Waals surface area contributed by atoms with Crippen molar-refractivity contribution in [3.63, 3.8) is 0 Å². The van der Waals surface area contributed by atoms with Crippen molar-refractivity contribution in [2.45, 2.75) is 45.1 Å². The normalized spacial score (nSPS) is 21.3. The molecule has 2 amide bonds. The molecule has 0 radical (unpaired) electrons. The lowest BCUT2D eigenvalue weighted by Crippen LogP contribution is -2.25. The first kappa shape index (κ1) is 17.9. The van der Waals surface area contributed by atoms with Crippen molar-refractivity contribution >= 4 is 29.0 Å². The van der Waals surface area contributed by atoms with E-state index >= 15 is 0 Å². The quantitative estimate of drug-likeness (QED) is 0.789. The minimum atomic E-state index is -0.361. The van der Waals surface area contributed by atoms with Crippen molar-refractivity contribution in [3.8, 4) is 11.5 Å². The third kappa shape index (κ3) is 4.37. The summed E-state index contributed by atoms with van der Waals surface area (Å²) in [5.74, 6) is 1.57. The highest BCUT2D eigenvalue weighted by atomic mass is 32.2. The summed E-state index contributed by atoms with van der Waals surface area (Å²) in [6.07, 6.45) is 8.14. The van der Waals surface area contributed by atoms with Crippen molar-refractivity contribution in [2.75, 3.05) is 7.11 Å². The van der Waals surface area contributed by atoms with E-state index in [1.165, 1.54) is 32.1 Å². The second kappa shape index (κ2) is 7.95. The van der Waals surface area contributed by atoms with Crippen molar-refractivity contribution < 1.29 is 19.1 Å². The summed E-state index contributed by atoms with van der Waals surface area (Å²) in [5.41, 5.74) is 0.793. The maximum absolute atomic E-state index is 11.7. The molecule has 134 valence electrons. The van der Waals surface area contributed by atoms with Crippen molar-refractivity contribution in [1.29, 1.82) is 0 Å². The Labute approximate surface area is 152 Å². The minimum Gasteiger partial charge on any atom is -0.493 e. The van der Waals surface area contributed by atoms with E-state index < -0.39 is 0 Å².